The summed E-state index contributed by atoms with van der Waals surface area (Å²) < 4.78 is 33.3. The number of furan rings is 1. The molecule has 20 heavy (non-hydrogen) atoms. The molecule has 0 fully saturated rings. The largest absolute Gasteiger partial charge is 0.467 e. The van der Waals surface area contributed by atoms with Crippen LogP contribution in [0.4, 0.5) is 8.78 Å². The van der Waals surface area contributed by atoms with E-state index in [0.717, 1.165) is 0 Å². The molecule has 0 aliphatic heterocycles. The monoisotopic (exact) mass is 281 g/mol. The van der Waals surface area contributed by atoms with E-state index in [1.165, 1.54) is 18.4 Å². The van der Waals surface area contributed by atoms with E-state index in [2.05, 4.69) is 10.1 Å². The number of rotatable bonds is 6. The lowest BCUT2D eigenvalue weighted by atomic mass is 10.1. The van der Waals surface area contributed by atoms with Crippen LogP contribution >= 0.6 is 0 Å². The van der Waals surface area contributed by atoms with Crippen LogP contribution in [0.15, 0.2) is 47.1 Å². The molecule has 0 aliphatic rings. The topological polar surface area (TPSA) is 51.5 Å². The number of nitrogens with one attached hydrogen (secondary N) is 1. The van der Waals surface area contributed by atoms with Gasteiger partial charge in [-0.1, -0.05) is 12.1 Å². The molecule has 0 radical (unpaired) electrons. The van der Waals surface area contributed by atoms with E-state index in [9.17, 15) is 13.6 Å². The Balaban J connectivity index is 1.81. The summed E-state index contributed by atoms with van der Waals surface area (Å²) in [5.41, 5.74) is 0.712. The average Bonchev–Trinajstić information content (AvgIpc) is 2.91. The molecular formula is C14H13F2NO3. The number of carbonyl (C=O) groups excluding carboxylic acids is 1. The van der Waals surface area contributed by atoms with Crippen molar-refractivity contribution in [3.8, 4) is 5.75 Å². The molecule has 0 bridgehead atoms. The first-order chi connectivity index (χ1) is 9.63. The Labute approximate surface area is 114 Å². The van der Waals surface area contributed by atoms with E-state index in [1.807, 2.05) is 0 Å². The molecule has 1 aromatic carbocycles. The number of alkyl halides is 2. The first-order valence-electron chi connectivity index (χ1n) is 5.96. The first kappa shape index (κ1) is 14.0. The minimum Gasteiger partial charge on any atom is -0.467 e. The predicted octanol–water partition coefficient (Wildman–Crippen LogP) is 2.74. The van der Waals surface area contributed by atoms with Crippen LogP contribution in [0.1, 0.15) is 11.3 Å². The van der Waals surface area contributed by atoms with Crippen LogP contribution in [0.5, 0.6) is 5.75 Å². The van der Waals surface area contributed by atoms with E-state index in [-0.39, 0.29) is 18.1 Å². The zero-order chi connectivity index (χ0) is 14.4. The van der Waals surface area contributed by atoms with E-state index < -0.39 is 6.61 Å². The van der Waals surface area contributed by atoms with Crippen molar-refractivity contribution in [3.63, 3.8) is 0 Å². The van der Waals surface area contributed by atoms with Crippen molar-refractivity contribution in [1.82, 2.24) is 5.32 Å². The van der Waals surface area contributed by atoms with Crippen molar-refractivity contribution in [1.29, 1.82) is 0 Å². The lowest BCUT2D eigenvalue weighted by Crippen LogP contribution is -2.24. The SMILES string of the molecule is O=C(Cc1ccc(OC(F)F)cc1)NCc1ccco1. The van der Waals surface area contributed by atoms with Gasteiger partial charge in [0.05, 0.1) is 19.2 Å². The van der Waals surface area contributed by atoms with Crippen LogP contribution in [0.2, 0.25) is 0 Å². The predicted molar refractivity (Wildman–Crippen MR) is 67.3 cm³/mol. The third-order valence-corrected chi connectivity index (χ3v) is 2.55. The summed E-state index contributed by atoms with van der Waals surface area (Å²) in [5.74, 6) is 0.558. The molecule has 1 heterocycles. The van der Waals surface area contributed by atoms with Gasteiger partial charge in [-0.2, -0.15) is 8.78 Å². The van der Waals surface area contributed by atoms with Gasteiger partial charge in [-0.05, 0) is 29.8 Å². The van der Waals surface area contributed by atoms with Crippen LogP contribution in [0.25, 0.3) is 0 Å². The molecule has 0 unspecified atom stereocenters. The maximum absolute atomic E-state index is 12.0. The summed E-state index contributed by atoms with van der Waals surface area (Å²) in [7, 11) is 0. The Morgan fingerprint density at radius 2 is 2.00 bits per heavy atom. The molecule has 6 heteroatoms. The van der Waals surface area contributed by atoms with Crippen molar-refractivity contribution < 1.29 is 22.7 Å². The van der Waals surface area contributed by atoms with Gasteiger partial charge in [-0.25, -0.2) is 0 Å². The van der Waals surface area contributed by atoms with Crippen LogP contribution in [-0.2, 0) is 17.8 Å². The third-order valence-electron chi connectivity index (χ3n) is 2.55. The maximum Gasteiger partial charge on any atom is 0.387 e. The first-order valence-corrected chi connectivity index (χ1v) is 5.96. The van der Waals surface area contributed by atoms with E-state index in [4.69, 9.17) is 4.42 Å². The molecule has 0 spiro atoms. The van der Waals surface area contributed by atoms with Crippen LogP contribution < -0.4 is 10.1 Å². The fourth-order valence-corrected chi connectivity index (χ4v) is 1.64. The van der Waals surface area contributed by atoms with Crippen LogP contribution in [0.3, 0.4) is 0 Å². The zero-order valence-electron chi connectivity index (χ0n) is 10.5. The Kier molecular flexibility index (Phi) is 4.70. The molecular weight excluding hydrogens is 268 g/mol. The number of benzene rings is 1. The van der Waals surface area contributed by atoms with Crippen molar-refractivity contribution in [2.75, 3.05) is 0 Å². The summed E-state index contributed by atoms with van der Waals surface area (Å²) in [4.78, 5) is 11.7. The quantitative estimate of drug-likeness (QED) is 0.885. The number of hydrogen-bond donors (Lipinski definition) is 1. The van der Waals surface area contributed by atoms with E-state index in [1.54, 1.807) is 24.3 Å². The molecule has 0 saturated heterocycles. The second kappa shape index (κ2) is 6.70. The number of amides is 1. The lowest BCUT2D eigenvalue weighted by Gasteiger charge is -2.06. The van der Waals surface area contributed by atoms with E-state index in [0.29, 0.717) is 17.9 Å². The highest BCUT2D eigenvalue weighted by Gasteiger charge is 2.06. The van der Waals surface area contributed by atoms with Gasteiger partial charge in [0.2, 0.25) is 5.91 Å². The summed E-state index contributed by atoms with van der Waals surface area (Å²) in [6.07, 6.45) is 1.69. The molecule has 2 rings (SSSR count). The maximum atomic E-state index is 12.0. The Bertz CT molecular complexity index is 538. The molecule has 4 nitrogen and oxygen atoms in total. The molecule has 0 saturated carbocycles. The second-order valence-electron chi connectivity index (χ2n) is 4.06. The third kappa shape index (κ3) is 4.38. The molecule has 1 amide bonds. The minimum absolute atomic E-state index is 0.0692. The van der Waals surface area contributed by atoms with Crippen molar-refractivity contribution in [2.24, 2.45) is 0 Å². The fraction of sp³-hybridized carbons (Fsp3) is 0.214. The Morgan fingerprint density at radius 1 is 1.25 bits per heavy atom. The standard InChI is InChI=1S/C14H13F2NO3/c15-14(16)20-11-5-3-10(4-6-11)8-13(18)17-9-12-2-1-7-19-12/h1-7,14H,8-9H2,(H,17,18). The molecule has 1 N–H and O–H groups in total. The normalized spacial score (nSPS) is 10.6. The smallest absolute Gasteiger partial charge is 0.387 e. The zero-order valence-corrected chi connectivity index (χ0v) is 10.5. The molecule has 1 aromatic heterocycles. The van der Waals surface area contributed by atoms with Crippen molar-refractivity contribution in [2.45, 2.75) is 19.6 Å². The van der Waals surface area contributed by atoms with Crippen molar-refractivity contribution >= 4 is 5.91 Å². The number of ether oxygens (including phenoxy) is 1. The van der Waals surface area contributed by atoms with Gasteiger partial charge in [0.25, 0.3) is 0 Å². The number of halogens is 2. The van der Waals surface area contributed by atoms with Gasteiger partial charge in [0, 0.05) is 0 Å². The van der Waals surface area contributed by atoms with Gasteiger partial charge in [-0.3, -0.25) is 4.79 Å². The van der Waals surface area contributed by atoms with Crippen LogP contribution in [-0.4, -0.2) is 12.5 Å². The molecule has 0 atom stereocenters. The second-order valence-corrected chi connectivity index (χ2v) is 4.06. The Hall–Kier alpha value is -2.37. The summed E-state index contributed by atoms with van der Waals surface area (Å²) in [6.45, 7) is -2.53. The van der Waals surface area contributed by atoms with Gasteiger partial charge >= 0.3 is 6.61 Å². The highest BCUT2D eigenvalue weighted by atomic mass is 19.3. The molecule has 2 aromatic rings. The highest BCUT2D eigenvalue weighted by molar-refractivity contribution is 5.78. The van der Waals surface area contributed by atoms with Gasteiger partial charge in [0.15, 0.2) is 0 Å². The minimum atomic E-state index is -2.85. The van der Waals surface area contributed by atoms with Crippen molar-refractivity contribution in [3.05, 3.63) is 54.0 Å². The van der Waals surface area contributed by atoms with E-state index >= 15 is 0 Å². The Morgan fingerprint density at radius 3 is 2.60 bits per heavy atom. The van der Waals surface area contributed by atoms with Gasteiger partial charge < -0.3 is 14.5 Å². The fourth-order valence-electron chi connectivity index (χ4n) is 1.64. The lowest BCUT2D eigenvalue weighted by molar-refractivity contribution is -0.120. The summed E-state index contributed by atoms with van der Waals surface area (Å²) >= 11 is 0. The summed E-state index contributed by atoms with van der Waals surface area (Å²) in [5, 5.41) is 2.70. The molecule has 106 valence electrons. The van der Waals surface area contributed by atoms with Gasteiger partial charge in [-0.15, -0.1) is 0 Å². The molecule has 0 aliphatic carbocycles. The highest BCUT2D eigenvalue weighted by Crippen LogP contribution is 2.15. The van der Waals surface area contributed by atoms with Crippen LogP contribution in [0, 0.1) is 0 Å². The summed E-state index contributed by atoms with van der Waals surface area (Å²) in [6, 6.07) is 9.46. The number of carbonyl (C=O) groups is 1. The number of hydrogen-bond acceptors (Lipinski definition) is 3. The van der Waals surface area contributed by atoms with Gasteiger partial charge in [0.1, 0.15) is 11.5 Å². The average molecular weight is 281 g/mol.